The quantitative estimate of drug-likeness (QED) is 0.201. The van der Waals surface area contributed by atoms with E-state index >= 15 is 0 Å². The molecule has 0 amide bonds. The van der Waals surface area contributed by atoms with Crippen LogP contribution in [0.3, 0.4) is 0 Å². The maximum atomic E-state index is 5.68. The zero-order valence-electron chi connectivity index (χ0n) is 16.9. The van der Waals surface area contributed by atoms with Gasteiger partial charge in [-0.2, -0.15) is 0 Å². The number of hydrogen-bond donors (Lipinski definition) is 2. The van der Waals surface area contributed by atoms with Crippen LogP contribution in [-0.2, 0) is 4.74 Å². The van der Waals surface area contributed by atoms with Gasteiger partial charge < -0.3 is 19.8 Å². The van der Waals surface area contributed by atoms with Gasteiger partial charge in [-0.1, -0.05) is 13.3 Å². The minimum absolute atomic E-state index is 0. The monoisotopic (exact) mass is 492 g/mol. The first-order chi connectivity index (χ1) is 12.8. The highest BCUT2D eigenvalue weighted by atomic mass is 127. The molecule has 1 saturated heterocycles. The lowest BCUT2D eigenvalue weighted by atomic mass is 10.2. The number of furan rings is 1. The Labute approximate surface area is 181 Å². The van der Waals surface area contributed by atoms with Gasteiger partial charge in [0, 0.05) is 26.3 Å². The number of guanidine groups is 1. The van der Waals surface area contributed by atoms with Gasteiger partial charge in [0.2, 0.25) is 0 Å². The number of nitrogens with one attached hydrogen (secondary N) is 2. The first-order valence-electron chi connectivity index (χ1n) is 10.2. The van der Waals surface area contributed by atoms with Crippen molar-refractivity contribution in [3.63, 3.8) is 0 Å². The van der Waals surface area contributed by atoms with Gasteiger partial charge in [-0.25, -0.2) is 0 Å². The van der Waals surface area contributed by atoms with Crippen LogP contribution in [0.25, 0.3) is 0 Å². The first-order valence-corrected chi connectivity index (χ1v) is 10.2. The van der Waals surface area contributed by atoms with E-state index in [1.165, 1.54) is 19.3 Å². The number of unbranched alkanes of at least 4 members (excludes halogenated alkanes) is 1. The van der Waals surface area contributed by atoms with Crippen molar-refractivity contribution >= 4 is 29.9 Å². The first kappa shape index (κ1) is 24.2. The Bertz CT molecular complexity index is 490. The minimum atomic E-state index is 0. The molecule has 2 N–H and O–H groups in total. The van der Waals surface area contributed by atoms with Crippen molar-refractivity contribution in [1.29, 1.82) is 0 Å². The van der Waals surface area contributed by atoms with E-state index in [9.17, 15) is 0 Å². The van der Waals surface area contributed by atoms with Crippen molar-refractivity contribution in [3.8, 4) is 0 Å². The van der Waals surface area contributed by atoms with Crippen molar-refractivity contribution in [2.75, 3.05) is 45.9 Å². The van der Waals surface area contributed by atoms with Gasteiger partial charge in [0.15, 0.2) is 5.96 Å². The lowest BCUT2D eigenvalue weighted by Gasteiger charge is -2.24. The van der Waals surface area contributed by atoms with Gasteiger partial charge in [-0.05, 0) is 57.8 Å². The summed E-state index contributed by atoms with van der Waals surface area (Å²) in [7, 11) is 0. The third-order valence-electron chi connectivity index (χ3n) is 4.62. The second kappa shape index (κ2) is 15.2. The molecule has 0 spiro atoms. The number of rotatable bonds is 12. The fourth-order valence-corrected chi connectivity index (χ4v) is 3.17. The molecule has 6 nitrogen and oxygen atoms in total. The van der Waals surface area contributed by atoms with Crippen LogP contribution in [0.4, 0.5) is 0 Å². The van der Waals surface area contributed by atoms with Crippen LogP contribution in [0.1, 0.15) is 57.8 Å². The number of halogens is 1. The van der Waals surface area contributed by atoms with Crippen LogP contribution in [-0.4, -0.2) is 56.8 Å². The molecule has 0 saturated carbocycles. The molecule has 0 aliphatic carbocycles. The van der Waals surface area contributed by atoms with Gasteiger partial charge in [0.05, 0.1) is 18.8 Å². The summed E-state index contributed by atoms with van der Waals surface area (Å²) in [4.78, 5) is 7.29. The number of aliphatic imine (C=N–C) groups is 1. The average molecular weight is 492 g/mol. The van der Waals surface area contributed by atoms with Crippen molar-refractivity contribution in [2.45, 2.75) is 52.0 Å². The fraction of sp³-hybridized carbons (Fsp3) is 0.750. The summed E-state index contributed by atoms with van der Waals surface area (Å²) < 4.78 is 11.3. The molecule has 2 rings (SSSR count). The Morgan fingerprint density at radius 3 is 2.67 bits per heavy atom. The molecule has 0 aromatic carbocycles. The smallest absolute Gasteiger partial charge is 0.191 e. The number of likely N-dealkylation sites (tertiary alicyclic amines) is 1. The summed E-state index contributed by atoms with van der Waals surface area (Å²) in [6, 6.07) is 4.25. The molecule has 0 bridgehead atoms. The average Bonchev–Trinajstić information content (AvgIpc) is 3.35. The van der Waals surface area contributed by atoms with Crippen LogP contribution >= 0.6 is 24.0 Å². The molecular weight excluding hydrogens is 455 g/mol. The molecule has 156 valence electrons. The van der Waals surface area contributed by atoms with E-state index in [4.69, 9.17) is 14.1 Å². The highest BCUT2D eigenvalue weighted by Gasteiger charge is 2.25. The molecule has 1 aliphatic heterocycles. The van der Waals surface area contributed by atoms with Crippen molar-refractivity contribution in [3.05, 3.63) is 24.2 Å². The van der Waals surface area contributed by atoms with E-state index < -0.39 is 0 Å². The van der Waals surface area contributed by atoms with Crippen LogP contribution in [0.2, 0.25) is 0 Å². The Balaban J connectivity index is 0.00000364. The van der Waals surface area contributed by atoms with Crippen LogP contribution in [0.15, 0.2) is 27.8 Å². The normalized spacial score (nSPS) is 16.1. The summed E-state index contributed by atoms with van der Waals surface area (Å²) in [5.74, 6) is 1.88. The zero-order chi connectivity index (χ0) is 18.5. The van der Waals surface area contributed by atoms with E-state index in [1.807, 2.05) is 6.07 Å². The summed E-state index contributed by atoms with van der Waals surface area (Å²) in [5.41, 5.74) is 0. The lowest BCUT2D eigenvalue weighted by Crippen LogP contribution is -2.39. The maximum Gasteiger partial charge on any atom is 0.191 e. The fourth-order valence-electron chi connectivity index (χ4n) is 3.17. The summed E-state index contributed by atoms with van der Waals surface area (Å²) in [5, 5.41) is 6.75. The van der Waals surface area contributed by atoms with E-state index in [2.05, 4.69) is 35.4 Å². The van der Waals surface area contributed by atoms with E-state index in [0.717, 1.165) is 64.0 Å². The highest BCUT2D eigenvalue weighted by Crippen LogP contribution is 2.25. The second-order valence-electron chi connectivity index (χ2n) is 6.74. The van der Waals surface area contributed by atoms with Gasteiger partial charge in [-0.3, -0.25) is 9.89 Å². The van der Waals surface area contributed by atoms with E-state index in [-0.39, 0.29) is 30.0 Å². The molecule has 0 radical (unpaired) electrons. The summed E-state index contributed by atoms with van der Waals surface area (Å²) >= 11 is 0. The standard InChI is InChI=1S/C20H36N4O2.HI/c1-3-5-14-25-15-9-11-22-20(21-4-2)23-17-18(19-10-8-16-26-19)24-12-6-7-13-24;/h8,10,16,18H,3-7,9,11-15,17H2,1-2H3,(H2,21,22,23);1H. The minimum Gasteiger partial charge on any atom is -0.468 e. The molecule has 1 atom stereocenters. The summed E-state index contributed by atoms with van der Waals surface area (Å²) in [6.07, 6.45) is 7.59. The van der Waals surface area contributed by atoms with Crippen molar-refractivity contribution < 1.29 is 9.15 Å². The molecule has 7 heteroatoms. The number of nitrogens with zero attached hydrogens (tertiary/aromatic N) is 2. The zero-order valence-corrected chi connectivity index (χ0v) is 19.2. The molecule has 1 aromatic heterocycles. The highest BCUT2D eigenvalue weighted by molar-refractivity contribution is 14.0. The Kier molecular flexibility index (Phi) is 13.6. The largest absolute Gasteiger partial charge is 0.468 e. The predicted octanol–water partition coefficient (Wildman–Crippen LogP) is 3.80. The molecular formula is C20H37IN4O2. The molecule has 2 heterocycles. The van der Waals surface area contributed by atoms with Gasteiger partial charge in [0.1, 0.15) is 5.76 Å². The van der Waals surface area contributed by atoms with Gasteiger partial charge in [-0.15, -0.1) is 24.0 Å². The van der Waals surface area contributed by atoms with E-state index in [1.54, 1.807) is 6.26 Å². The third-order valence-corrected chi connectivity index (χ3v) is 4.62. The second-order valence-corrected chi connectivity index (χ2v) is 6.74. The van der Waals surface area contributed by atoms with Crippen LogP contribution in [0.5, 0.6) is 0 Å². The predicted molar refractivity (Wildman–Crippen MR) is 122 cm³/mol. The maximum absolute atomic E-state index is 5.68. The van der Waals surface area contributed by atoms with Crippen LogP contribution < -0.4 is 10.6 Å². The molecule has 1 unspecified atom stereocenters. The topological polar surface area (TPSA) is 62.0 Å². The van der Waals surface area contributed by atoms with E-state index in [0.29, 0.717) is 6.54 Å². The number of hydrogen-bond acceptors (Lipinski definition) is 4. The Morgan fingerprint density at radius 2 is 2.00 bits per heavy atom. The molecule has 1 aliphatic rings. The Hall–Kier alpha value is -0.800. The molecule has 27 heavy (non-hydrogen) atoms. The number of ether oxygens (including phenoxy) is 1. The molecule has 1 aromatic rings. The lowest BCUT2D eigenvalue weighted by molar-refractivity contribution is 0.129. The summed E-state index contributed by atoms with van der Waals surface area (Å²) in [6.45, 7) is 10.6. The van der Waals surface area contributed by atoms with Crippen LogP contribution in [0, 0.1) is 0 Å². The SMILES string of the molecule is CCCCOCCCNC(=NCC(c1ccco1)N1CCCC1)NCC.I. The molecule has 1 fully saturated rings. The third kappa shape index (κ3) is 9.30. The van der Waals surface area contributed by atoms with Crippen molar-refractivity contribution in [2.24, 2.45) is 4.99 Å². The van der Waals surface area contributed by atoms with Gasteiger partial charge >= 0.3 is 0 Å². The van der Waals surface area contributed by atoms with Gasteiger partial charge in [0.25, 0.3) is 0 Å². The Morgan fingerprint density at radius 1 is 1.22 bits per heavy atom. The van der Waals surface area contributed by atoms with Crippen molar-refractivity contribution in [1.82, 2.24) is 15.5 Å².